The zero-order valence-corrected chi connectivity index (χ0v) is 20.5. The van der Waals surface area contributed by atoms with Gasteiger partial charge in [0.05, 0.1) is 19.4 Å². The standard InChI is InChI=1S/C25H26ClF3N4O3/c1-35-17-8-4-6-15(12-17)18-13-20(25(27,28)29)33-23(30-18)21(26)22(31-33)24(34)36-14-16-7-5-11-32-10-3-2-9-19(16)32/h4,6,8,12-13,16,19H,2-3,5,7,9-11,14H2,1H3/t16-,19-/m0/s1. The van der Waals surface area contributed by atoms with E-state index < -0.39 is 17.8 Å². The Balaban J connectivity index is 1.46. The lowest BCUT2D eigenvalue weighted by Crippen LogP contribution is -2.49. The van der Waals surface area contributed by atoms with Gasteiger partial charge in [-0.2, -0.15) is 18.3 Å². The number of aromatic nitrogens is 3. The van der Waals surface area contributed by atoms with Crippen LogP contribution in [0.2, 0.25) is 5.02 Å². The van der Waals surface area contributed by atoms with Crippen molar-refractivity contribution < 1.29 is 27.4 Å². The van der Waals surface area contributed by atoms with Crippen LogP contribution in [0.5, 0.6) is 5.75 Å². The lowest BCUT2D eigenvalue weighted by Gasteiger charge is -2.44. The van der Waals surface area contributed by atoms with Crippen molar-refractivity contribution in [1.29, 1.82) is 0 Å². The van der Waals surface area contributed by atoms with Gasteiger partial charge in [0.1, 0.15) is 10.8 Å². The Morgan fingerprint density at radius 1 is 1.17 bits per heavy atom. The molecule has 2 atom stereocenters. The van der Waals surface area contributed by atoms with Crippen molar-refractivity contribution in [2.75, 3.05) is 26.8 Å². The molecule has 1 aromatic carbocycles. The molecule has 3 aromatic rings. The van der Waals surface area contributed by atoms with Crippen LogP contribution in [-0.2, 0) is 10.9 Å². The van der Waals surface area contributed by atoms with E-state index in [9.17, 15) is 18.0 Å². The van der Waals surface area contributed by atoms with Gasteiger partial charge >= 0.3 is 12.1 Å². The molecule has 2 aromatic heterocycles. The third kappa shape index (κ3) is 4.76. The van der Waals surface area contributed by atoms with Crippen molar-refractivity contribution in [3.63, 3.8) is 0 Å². The summed E-state index contributed by atoms with van der Waals surface area (Å²) >= 11 is 6.38. The maximum absolute atomic E-state index is 14.0. The minimum absolute atomic E-state index is 0.0232. The molecule has 0 aliphatic carbocycles. The zero-order valence-electron chi connectivity index (χ0n) is 19.7. The van der Waals surface area contributed by atoms with Gasteiger partial charge in [-0.25, -0.2) is 14.3 Å². The van der Waals surface area contributed by atoms with Gasteiger partial charge in [0.15, 0.2) is 17.0 Å². The highest BCUT2D eigenvalue weighted by atomic mass is 35.5. The molecule has 0 saturated carbocycles. The number of ether oxygens (including phenoxy) is 2. The summed E-state index contributed by atoms with van der Waals surface area (Å²) in [7, 11) is 1.46. The van der Waals surface area contributed by atoms with E-state index in [1.165, 1.54) is 13.5 Å². The quantitative estimate of drug-likeness (QED) is 0.412. The van der Waals surface area contributed by atoms with E-state index in [4.69, 9.17) is 21.1 Å². The molecule has 2 aliphatic rings. The van der Waals surface area contributed by atoms with E-state index in [1.807, 2.05) is 0 Å². The third-order valence-corrected chi connectivity index (χ3v) is 7.39. The SMILES string of the molecule is COc1cccc(-c2cc(C(F)(F)F)n3nc(C(=O)OC[C@@H]4CCCN5CCCC[C@@H]45)c(Cl)c3n2)c1. The summed E-state index contributed by atoms with van der Waals surface area (Å²) in [5.74, 6) is -0.206. The molecule has 7 nitrogen and oxygen atoms in total. The second-order valence-electron chi connectivity index (χ2n) is 9.25. The molecule has 5 rings (SSSR count). The molecule has 0 N–H and O–H groups in total. The number of esters is 1. The highest BCUT2D eigenvalue weighted by Crippen LogP contribution is 2.36. The molecule has 0 radical (unpaired) electrons. The van der Waals surface area contributed by atoms with Crippen molar-refractivity contribution in [3.8, 4) is 17.0 Å². The van der Waals surface area contributed by atoms with E-state index in [0.717, 1.165) is 44.8 Å². The first kappa shape index (κ1) is 24.8. The molecule has 0 spiro atoms. The van der Waals surface area contributed by atoms with Gasteiger partial charge in [-0.3, -0.25) is 4.90 Å². The summed E-state index contributed by atoms with van der Waals surface area (Å²) < 4.78 is 53.2. The predicted octanol–water partition coefficient (Wildman–Crippen LogP) is 5.50. The van der Waals surface area contributed by atoms with Gasteiger partial charge in [-0.05, 0) is 57.0 Å². The first-order chi connectivity index (χ1) is 17.3. The molecule has 2 saturated heterocycles. The molecule has 0 unspecified atom stereocenters. The Hall–Kier alpha value is -2.85. The van der Waals surface area contributed by atoms with Crippen LogP contribution in [-0.4, -0.2) is 58.3 Å². The lowest BCUT2D eigenvalue weighted by molar-refractivity contribution is -0.142. The number of hydrogen-bond acceptors (Lipinski definition) is 6. The van der Waals surface area contributed by atoms with Crippen LogP contribution in [0.25, 0.3) is 16.9 Å². The van der Waals surface area contributed by atoms with Gasteiger partial charge in [0.25, 0.3) is 0 Å². The molecular formula is C25H26ClF3N4O3. The predicted molar refractivity (Wildman–Crippen MR) is 127 cm³/mol. The fraction of sp³-hybridized carbons (Fsp3) is 0.480. The van der Waals surface area contributed by atoms with Gasteiger partial charge < -0.3 is 9.47 Å². The Kier molecular flexibility index (Phi) is 6.82. The van der Waals surface area contributed by atoms with Crippen LogP contribution < -0.4 is 4.74 Å². The fourth-order valence-corrected chi connectivity index (χ4v) is 5.51. The summed E-state index contributed by atoms with van der Waals surface area (Å²) in [6, 6.07) is 7.73. The molecule has 2 aliphatic heterocycles. The maximum Gasteiger partial charge on any atom is 0.433 e. The number of hydrogen-bond donors (Lipinski definition) is 0. The average Bonchev–Trinajstić information content (AvgIpc) is 3.22. The highest BCUT2D eigenvalue weighted by Gasteiger charge is 2.38. The lowest BCUT2D eigenvalue weighted by atomic mass is 9.84. The summed E-state index contributed by atoms with van der Waals surface area (Å²) in [6.45, 7) is 2.28. The van der Waals surface area contributed by atoms with Crippen LogP contribution in [0.1, 0.15) is 48.3 Å². The van der Waals surface area contributed by atoms with Crippen LogP contribution in [0, 0.1) is 5.92 Å². The van der Waals surface area contributed by atoms with Gasteiger partial charge in [0.2, 0.25) is 0 Å². The molecule has 11 heteroatoms. The van der Waals surface area contributed by atoms with E-state index in [-0.39, 0.29) is 34.6 Å². The second kappa shape index (κ2) is 9.89. The highest BCUT2D eigenvalue weighted by molar-refractivity contribution is 6.36. The van der Waals surface area contributed by atoms with Crippen molar-refractivity contribution in [2.45, 2.75) is 44.3 Å². The monoisotopic (exact) mass is 522 g/mol. The minimum atomic E-state index is -4.77. The van der Waals surface area contributed by atoms with Gasteiger partial charge in [-0.1, -0.05) is 30.2 Å². The smallest absolute Gasteiger partial charge is 0.433 e. The van der Waals surface area contributed by atoms with Crippen molar-refractivity contribution in [2.24, 2.45) is 5.92 Å². The first-order valence-corrected chi connectivity index (χ1v) is 12.4. The first-order valence-electron chi connectivity index (χ1n) is 12.0. The van der Waals surface area contributed by atoms with Crippen LogP contribution in [0.4, 0.5) is 13.2 Å². The molecule has 0 amide bonds. The van der Waals surface area contributed by atoms with Crippen molar-refractivity contribution >= 4 is 23.2 Å². The Morgan fingerprint density at radius 2 is 1.97 bits per heavy atom. The van der Waals surface area contributed by atoms with Crippen molar-refractivity contribution in [3.05, 3.63) is 46.7 Å². The molecule has 192 valence electrons. The summed E-state index contributed by atoms with van der Waals surface area (Å²) in [6.07, 6.45) is 0.579. The largest absolute Gasteiger partial charge is 0.497 e. The van der Waals surface area contributed by atoms with Crippen LogP contribution in [0.3, 0.4) is 0 Å². The molecule has 0 bridgehead atoms. The number of methoxy groups -OCH3 is 1. The number of rotatable bonds is 5. The molecule has 2 fully saturated rings. The third-order valence-electron chi connectivity index (χ3n) is 7.04. The maximum atomic E-state index is 14.0. The van der Waals surface area contributed by atoms with E-state index in [1.54, 1.807) is 24.3 Å². The summed E-state index contributed by atoms with van der Waals surface area (Å²) in [4.78, 5) is 19.7. The molecular weight excluding hydrogens is 497 g/mol. The molecule has 36 heavy (non-hydrogen) atoms. The summed E-state index contributed by atoms with van der Waals surface area (Å²) in [5, 5.41) is 3.61. The van der Waals surface area contributed by atoms with E-state index in [2.05, 4.69) is 15.0 Å². The number of benzene rings is 1. The number of alkyl halides is 3. The number of carbonyl (C=O) groups excluding carboxylic acids is 1. The zero-order chi connectivity index (χ0) is 25.4. The minimum Gasteiger partial charge on any atom is -0.497 e. The number of fused-ring (bicyclic) bond motifs is 2. The Morgan fingerprint density at radius 3 is 2.75 bits per heavy atom. The van der Waals surface area contributed by atoms with E-state index in [0.29, 0.717) is 21.9 Å². The number of nitrogens with zero attached hydrogens (tertiary/aromatic N) is 4. The average molecular weight is 523 g/mol. The Bertz CT molecular complexity index is 1280. The van der Waals surface area contributed by atoms with Crippen LogP contribution >= 0.6 is 11.6 Å². The number of carbonyl (C=O) groups is 1. The fourth-order valence-electron chi connectivity index (χ4n) is 5.28. The number of piperidine rings is 2. The summed E-state index contributed by atoms with van der Waals surface area (Å²) in [5.41, 5.74) is -1.33. The van der Waals surface area contributed by atoms with E-state index >= 15 is 0 Å². The topological polar surface area (TPSA) is 69.0 Å². The normalized spacial score (nSPS) is 20.8. The van der Waals surface area contributed by atoms with Gasteiger partial charge in [-0.15, -0.1) is 0 Å². The second-order valence-corrected chi connectivity index (χ2v) is 9.63. The molecule has 4 heterocycles. The van der Waals surface area contributed by atoms with Crippen LogP contribution in [0.15, 0.2) is 30.3 Å². The number of halogens is 4. The van der Waals surface area contributed by atoms with Gasteiger partial charge in [0, 0.05) is 17.5 Å². The Labute approximate surface area is 211 Å². The van der Waals surface area contributed by atoms with Crippen molar-refractivity contribution in [1.82, 2.24) is 19.5 Å².